The molecule has 1 amide bonds. The summed E-state index contributed by atoms with van der Waals surface area (Å²) >= 11 is 2.95. The van der Waals surface area contributed by atoms with Gasteiger partial charge in [0.25, 0.3) is 5.91 Å². The maximum Gasteiger partial charge on any atom is 0.417 e. The number of nitrogens with one attached hydrogen (secondary N) is 1. The molecule has 0 fully saturated rings. The molecular weight excluding hydrogens is 613 g/mol. The van der Waals surface area contributed by atoms with Gasteiger partial charge in [0.15, 0.2) is 15.6 Å². The van der Waals surface area contributed by atoms with Gasteiger partial charge in [0.2, 0.25) is 0 Å². The minimum absolute atomic E-state index is 0.0165. The predicted molar refractivity (Wildman–Crippen MR) is 147 cm³/mol. The van der Waals surface area contributed by atoms with E-state index in [4.69, 9.17) is 0 Å². The monoisotopic (exact) mass is 642 g/mol. The van der Waals surface area contributed by atoms with E-state index in [0.717, 1.165) is 6.07 Å². The molecule has 1 aromatic carbocycles. The molecule has 0 aliphatic rings. The number of benzene rings is 1. The molecule has 0 saturated heterocycles. The number of carbonyl (C=O) groups is 2. The van der Waals surface area contributed by atoms with Gasteiger partial charge in [-0.05, 0) is 24.6 Å². The molecule has 3 rings (SSSR count). The molecule has 2 aromatic heterocycles. The molecule has 2 heterocycles. The number of nitrogens with zero attached hydrogens (tertiary/aromatic N) is 3. The molecule has 0 unspecified atom stereocenters. The Bertz CT molecular complexity index is 1530. The van der Waals surface area contributed by atoms with Crippen LogP contribution >= 0.6 is 15.9 Å². The highest BCUT2D eigenvalue weighted by Crippen LogP contribution is 2.36. The first-order valence-corrected chi connectivity index (χ1v) is 15.1. The fraction of sp³-hybridized carbons (Fsp3) is 0.407. The third kappa shape index (κ3) is 6.80. The van der Waals surface area contributed by atoms with E-state index in [1.165, 1.54) is 37.4 Å². The topological polar surface area (TPSA) is 111 Å². The first kappa shape index (κ1) is 31.5. The summed E-state index contributed by atoms with van der Waals surface area (Å²) in [6, 6.07) is 6.78. The van der Waals surface area contributed by atoms with Crippen LogP contribution in [0.2, 0.25) is 0 Å². The number of Topliss-reactive ketones (excluding diaryl/α,β-unsaturated/α-hetero) is 1. The standard InChI is InChI=1S/C27H30BrF3N4O4S/c1-6-40(38,39)19-11-10-18(32-14-19)13-33-24(37)23-16(2)35(25(34-23)26(3,4)5)15-17-8-7-9-20(21(36)12-28)22(17)27(29,30)31/h7-11,14H,6,12-13,15H2,1-5H3,(H,33,37). The number of alkyl halides is 4. The highest BCUT2D eigenvalue weighted by atomic mass is 79.9. The Morgan fingerprint density at radius 3 is 2.30 bits per heavy atom. The van der Waals surface area contributed by atoms with Gasteiger partial charge in [-0.3, -0.25) is 14.6 Å². The molecule has 0 aliphatic carbocycles. The summed E-state index contributed by atoms with van der Waals surface area (Å²) in [7, 11) is -3.41. The average Bonchev–Trinajstić information content (AvgIpc) is 3.22. The minimum atomic E-state index is -4.78. The highest BCUT2D eigenvalue weighted by Gasteiger charge is 2.38. The molecule has 0 saturated carbocycles. The summed E-state index contributed by atoms with van der Waals surface area (Å²) in [5, 5.41) is 2.44. The van der Waals surface area contributed by atoms with Crippen LogP contribution in [-0.4, -0.2) is 45.7 Å². The smallest absolute Gasteiger partial charge is 0.345 e. The lowest BCUT2D eigenvalue weighted by molar-refractivity contribution is -0.138. The van der Waals surface area contributed by atoms with Crippen molar-refractivity contribution < 1.29 is 31.2 Å². The van der Waals surface area contributed by atoms with Crippen molar-refractivity contribution in [3.8, 4) is 0 Å². The van der Waals surface area contributed by atoms with Gasteiger partial charge in [-0.1, -0.05) is 61.8 Å². The summed E-state index contributed by atoms with van der Waals surface area (Å²) in [4.78, 5) is 34.1. The number of ketones is 1. The zero-order chi connectivity index (χ0) is 30.0. The number of rotatable bonds is 9. The second kappa shape index (κ2) is 11.8. The van der Waals surface area contributed by atoms with Crippen LogP contribution in [0.1, 0.15) is 76.9 Å². The predicted octanol–water partition coefficient (Wildman–Crippen LogP) is 5.25. The van der Waals surface area contributed by atoms with Crippen LogP contribution < -0.4 is 5.32 Å². The molecule has 0 bridgehead atoms. The van der Waals surface area contributed by atoms with Crippen molar-refractivity contribution >= 4 is 37.5 Å². The first-order valence-electron chi connectivity index (χ1n) is 12.3. The maximum atomic E-state index is 14.2. The summed E-state index contributed by atoms with van der Waals surface area (Å²) < 4.78 is 68.0. The summed E-state index contributed by atoms with van der Waals surface area (Å²) in [6.45, 7) is 8.35. The number of hydrogen-bond acceptors (Lipinski definition) is 6. The van der Waals surface area contributed by atoms with Crippen molar-refractivity contribution in [1.82, 2.24) is 19.9 Å². The van der Waals surface area contributed by atoms with E-state index < -0.39 is 44.2 Å². The van der Waals surface area contributed by atoms with E-state index in [1.54, 1.807) is 11.5 Å². The van der Waals surface area contributed by atoms with E-state index in [-0.39, 0.29) is 40.3 Å². The Hall–Kier alpha value is -3.06. The third-order valence-corrected chi connectivity index (χ3v) is 8.49. The second-order valence-electron chi connectivity index (χ2n) is 10.2. The Kier molecular flexibility index (Phi) is 9.29. The number of carbonyl (C=O) groups excluding carboxylic acids is 2. The average molecular weight is 644 g/mol. The van der Waals surface area contributed by atoms with Crippen LogP contribution in [0.3, 0.4) is 0 Å². The number of hydrogen-bond donors (Lipinski definition) is 1. The molecule has 3 aromatic rings. The van der Waals surface area contributed by atoms with Gasteiger partial charge in [0, 0.05) is 29.4 Å². The van der Waals surface area contributed by atoms with Crippen LogP contribution in [0.4, 0.5) is 13.2 Å². The first-order chi connectivity index (χ1) is 18.5. The van der Waals surface area contributed by atoms with Crippen molar-refractivity contribution in [3.05, 3.63) is 76.1 Å². The normalized spacial score (nSPS) is 12.4. The molecule has 8 nitrogen and oxygen atoms in total. The number of aromatic nitrogens is 3. The minimum Gasteiger partial charge on any atom is -0.345 e. The molecule has 13 heteroatoms. The lowest BCUT2D eigenvalue weighted by Gasteiger charge is -2.23. The summed E-state index contributed by atoms with van der Waals surface area (Å²) in [5.41, 5.74) is -1.39. The van der Waals surface area contributed by atoms with Crippen LogP contribution in [0.5, 0.6) is 0 Å². The molecule has 0 atom stereocenters. The zero-order valence-corrected chi connectivity index (χ0v) is 25.1. The molecule has 0 radical (unpaired) electrons. The molecule has 40 heavy (non-hydrogen) atoms. The molecule has 216 valence electrons. The van der Waals surface area contributed by atoms with E-state index in [2.05, 4.69) is 31.2 Å². The third-order valence-electron chi connectivity index (χ3n) is 6.26. The van der Waals surface area contributed by atoms with E-state index in [1.807, 2.05) is 20.8 Å². The molecule has 0 spiro atoms. The molecule has 1 N–H and O–H groups in total. The van der Waals surface area contributed by atoms with Crippen molar-refractivity contribution in [2.24, 2.45) is 0 Å². The van der Waals surface area contributed by atoms with Crippen LogP contribution in [0.15, 0.2) is 41.4 Å². The van der Waals surface area contributed by atoms with Crippen LogP contribution in [-0.2, 0) is 34.5 Å². The largest absolute Gasteiger partial charge is 0.417 e. The highest BCUT2D eigenvalue weighted by molar-refractivity contribution is 9.09. The SMILES string of the molecule is CCS(=O)(=O)c1ccc(CNC(=O)c2nc(C(C)(C)C)n(Cc3cccc(C(=O)CBr)c3C(F)(F)F)c2C)nc1. The number of imidazole rings is 1. The lowest BCUT2D eigenvalue weighted by Crippen LogP contribution is -2.25. The zero-order valence-electron chi connectivity index (χ0n) is 22.7. The summed E-state index contributed by atoms with van der Waals surface area (Å²) in [5.74, 6) is -0.924. The fourth-order valence-corrected chi connectivity index (χ4v) is 5.30. The van der Waals surface area contributed by atoms with E-state index in [9.17, 15) is 31.2 Å². The van der Waals surface area contributed by atoms with Gasteiger partial charge in [-0.25, -0.2) is 13.4 Å². The van der Waals surface area contributed by atoms with Gasteiger partial charge in [0.1, 0.15) is 11.5 Å². The molecule has 0 aliphatic heterocycles. The van der Waals surface area contributed by atoms with Gasteiger partial charge >= 0.3 is 6.18 Å². The van der Waals surface area contributed by atoms with E-state index in [0.29, 0.717) is 17.2 Å². The van der Waals surface area contributed by atoms with Gasteiger partial charge < -0.3 is 9.88 Å². The Balaban J connectivity index is 1.97. The number of sulfone groups is 1. The Labute approximate surface area is 239 Å². The lowest BCUT2D eigenvalue weighted by atomic mass is 9.94. The Morgan fingerprint density at radius 2 is 1.77 bits per heavy atom. The van der Waals surface area contributed by atoms with Crippen molar-refractivity contribution in [2.45, 2.75) is 64.2 Å². The maximum absolute atomic E-state index is 14.2. The number of amides is 1. The Morgan fingerprint density at radius 1 is 1.10 bits per heavy atom. The summed E-state index contributed by atoms with van der Waals surface area (Å²) in [6.07, 6.45) is -3.55. The van der Waals surface area contributed by atoms with Crippen molar-refractivity contribution in [1.29, 1.82) is 0 Å². The number of pyridine rings is 1. The van der Waals surface area contributed by atoms with Gasteiger partial charge in [-0.15, -0.1) is 0 Å². The van der Waals surface area contributed by atoms with Gasteiger partial charge in [-0.2, -0.15) is 13.2 Å². The molecular formula is C27H30BrF3N4O4S. The second-order valence-corrected chi connectivity index (χ2v) is 13.0. The van der Waals surface area contributed by atoms with Crippen LogP contribution in [0, 0.1) is 6.92 Å². The van der Waals surface area contributed by atoms with E-state index >= 15 is 0 Å². The quantitative estimate of drug-likeness (QED) is 0.252. The van der Waals surface area contributed by atoms with Crippen LogP contribution in [0.25, 0.3) is 0 Å². The van der Waals surface area contributed by atoms with Gasteiger partial charge in [0.05, 0.1) is 33.8 Å². The fourth-order valence-electron chi connectivity index (χ4n) is 4.18. The number of halogens is 4. The van der Waals surface area contributed by atoms with Crippen molar-refractivity contribution in [3.63, 3.8) is 0 Å². The van der Waals surface area contributed by atoms with Crippen molar-refractivity contribution in [2.75, 3.05) is 11.1 Å².